The largest absolute Gasteiger partial charge is 0.481 e. The molecular formula is C23H37FN2O3. The fourth-order valence-electron chi connectivity index (χ4n) is 3.25. The van der Waals surface area contributed by atoms with Crippen molar-refractivity contribution >= 4 is 11.9 Å². The molecule has 0 aliphatic heterocycles. The van der Waals surface area contributed by atoms with Crippen molar-refractivity contribution in [2.75, 3.05) is 6.54 Å². The molecule has 1 aromatic rings. The average molecular weight is 409 g/mol. The Hall–Kier alpha value is -1.95. The monoisotopic (exact) mass is 408 g/mol. The molecule has 0 spiro atoms. The topological polar surface area (TPSA) is 92.4 Å². The number of carbonyl (C=O) groups excluding carboxylic acids is 1. The Bertz CT molecular complexity index is 663. The summed E-state index contributed by atoms with van der Waals surface area (Å²) in [4.78, 5) is 23.7. The Morgan fingerprint density at radius 1 is 1.00 bits per heavy atom. The van der Waals surface area contributed by atoms with Crippen LogP contribution in [0.4, 0.5) is 4.39 Å². The number of carbonyl (C=O) groups is 2. The van der Waals surface area contributed by atoms with Crippen molar-refractivity contribution in [2.24, 2.45) is 11.1 Å². The Labute approximate surface area is 174 Å². The van der Waals surface area contributed by atoms with Crippen molar-refractivity contribution in [2.45, 2.75) is 84.1 Å². The maximum atomic E-state index is 13.5. The zero-order chi connectivity index (χ0) is 21.9. The summed E-state index contributed by atoms with van der Waals surface area (Å²) in [5, 5.41) is 12.2. The van der Waals surface area contributed by atoms with Gasteiger partial charge in [0, 0.05) is 13.0 Å². The Morgan fingerprint density at radius 2 is 1.55 bits per heavy atom. The van der Waals surface area contributed by atoms with Crippen LogP contribution in [0.25, 0.3) is 0 Å². The first-order valence-electron chi connectivity index (χ1n) is 10.6. The highest BCUT2D eigenvalue weighted by atomic mass is 19.1. The molecule has 0 heterocycles. The van der Waals surface area contributed by atoms with Crippen molar-refractivity contribution < 1.29 is 19.1 Å². The molecule has 0 aliphatic rings. The van der Waals surface area contributed by atoms with Crippen molar-refractivity contribution in [3.8, 4) is 0 Å². The molecule has 4 N–H and O–H groups in total. The zero-order valence-electron chi connectivity index (χ0n) is 18.1. The van der Waals surface area contributed by atoms with Gasteiger partial charge in [0.25, 0.3) is 0 Å². The van der Waals surface area contributed by atoms with Gasteiger partial charge in [-0.15, -0.1) is 0 Å². The van der Waals surface area contributed by atoms with Crippen LogP contribution < -0.4 is 11.1 Å². The van der Waals surface area contributed by atoms with Gasteiger partial charge in [-0.3, -0.25) is 9.59 Å². The van der Waals surface area contributed by atoms with Crippen molar-refractivity contribution in [1.29, 1.82) is 0 Å². The second-order valence-electron chi connectivity index (χ2n) is 8.58. The number of nitrogens with one attached hydrogen (secondary N) is 1. The standard InChI is InChI=1S/C23H37FN2O3/c1-22(2,21(28)29)23(3,17-25)26-20(27)16-10-8-6-4-5-7-9-13-18-14-11-12-15-19(18)24/h11-12,14-15H,4-10,13,16-17,25H2,1-3H3,(H,26,27)(H,28,29). The average Bonchev–Trinajstić information content (AvgIpc) is 2.67. The Morgan fingerprint density at radius 3 is 2.10 bits per heavy atom. The maximum Gasteiger partial charge on any atom is 0.311 e. The third kappa shape index (κ3) is 7.77. The van der Waals surface area contributed by atoms with Gasteiger partial charge in [-0.25, -0.2) is 4.39 Å². The fourth-order valence-corrected chi connectivity index (χ4v) is 3.25. The molecule has 1 rings (SSSR count). The molecule has 0 bridgehead atoms. The van der Waals surface area contributed by atoms with E-state index in [0.717, 1.165) is 56.9 Å². The predicted octanol–water partition coefficient (Wildman–Crippen LogP) is 4.43. The van der Waals surface area contributed by atoms with Gasteiger partial charge in [-0.1, -0.05) is 50.3 Å². The number of halogens is 1. The van der Waals surface area contributed by atoms with E-state index in [1.807, 2.05) is 12.1 Å². The number of hydrogen-bond acceptors (Lipinski definition) is 3. The molecule has 0 aromatic heterocycles. The molecule has 29 heavy (non-hydrogen) atoms. The summed E-state index contributed by atoms with van der Waals surface area (Å²) in [5.41, 5.74) is 4.40. The summed E-state index contributed by atoms with van der Waals surface area (Å²) in [6.07, 6.45) is 8.22. The van der Waals surface area contributed by atoms with Gasteiger partial charge in [0.15, 0.2) is 0 Å². The molecule has 5 nitrogen and oxygen atoms in total. The van der Waals surface area contributed by atoms with Crippen molar-refractivity contribution in [1.82, 2.24) is 5.32 Å². The third-order valence-electron chi connectivity index (χ3n) is 6.05. The number of carboxylic acids is 1. The summed E-state index contributed by atoms with van der Waals surface area (Å²) < 4.78 is 13.5. The number of unbranched alkanes of at least 4 members (excludes halogenated alkanes) is 6. The lowest BCUT2D eigenvalue weighted by atomic mass is 9.73. The molecule has 1 unspecified atom stereocenters. The van der Waals surface area contributed by atoms with E-state index in [1.54, 1.807) is 26.8 Å². The Balaban J connectivity index is 2.16. The normalized spacial score (nSPS) is 13.7. The first kappa shape index (κ1) is 25.1. The molecule has 1 aromatic carbocycles. The van der Waals surface area contributed by atoms with E-state index in [-0.39, 0.29) is 18.3 Å². The van der Waals surface area contributed by atoms with E-state index in [2.05, 4.69) is 5.32 Å². The second-order valence-corrected chi connectivity index (χ2v) is 8.58. The second kappa shape index (κ2) is 11.9. The van der Waals surface area contributed by atoms with Gasteiger partial charge in [0.1, 0.15) is 5.82 Å². The van der Waals surface area contributed by atoms with Gasteiger partial charge >= 0.3 is 5.97 Å². The van der Waals surface area contributed by atoms with Gasteiger partial charge in [0.05, 0.1) is 11.0 Å². The third-order valence-corrected chi connectivity index (χ3v) is 6.05. The minimum absolute atomic E-state index is 0.0604. The molecule has 1 atom stereocenters. The van der Waals surface area contributed by atoms with Crippen LogP contribution in [0.5, 0.6) is 0 Å². The number of rotatable bonds is 14. The Kier molecular flexibility index (Phi) is 10.3. The van der Waals surface area contributed by atoms with Crippen molar-refractivity contribution in [3.05, 3.63) is 35.6 Å². The fraction of sp³-hybridized carbons (Fsp3) is 0.652. The molecule has 0 saturated heterocycles. The van der Waals surface area contributed by atoms with Gasteiger partial charge < -0.3 is 16.2 Å². The molecule has 164 valence electrons. The number of aliphatic carboxylic acids is 1. The quantitative estimate of drug-likeness (QED) is 0.397. The summed E-state index contributed by atoms with van der Waals surface area (Å²) in [5.74, 6) is -1.26. The highest BCUT2D eigenvalue weighted by molar-refractivity contribution is 5.80. The number of amides is 1. The van der Waals surface area contributed by atoms with Crippen LogP contribution >= 0.6 is 0 Å². The van der Waals surface area contributed by atoms with E-state index in [4.69, 9.17) is 5.73 Å². The van der Waals surface area contributed by atoms with Gasteiger partial charge in [-0.2, -0.15) is 0 Å². The first-order chi connectivity index (χ1) is 13.6. The number of hydrogen-bond donors (Lipinski definition) is 3. The summed E-state index contributed by atoms with van der Waals surface area (Å²) in [6, 6.07) is 6.92. The summed E-state index contributed by atoms with van der Waals surface area (Å²) in [7, 11) is 0. The van der Waals surface area contributed by atoms with Crippen LogP contribution in [-0.2, 0) is 16.0 Å². The lowest BCUT2D eigenvalue weighted by Crippen LogP contribution is -2.63. The molecule has 6 heteroatoms. The van der Waals surface area contributed by atoms with Gasteiger partial charge in [0.2, 0.25) is 5.91 Å². The van der Waals surface area contributed by atoms with Crippen LogP contribution in [0, 0.1) is 11.2 Å². The van der Waals surface area contributed by atoms with E-state index < -0.39 is 16.9 Å². The SMILES string of the molecule is CC(CN)(NC(=O)CCCCCCCCCc1ccccc1F)C(C)(C)C(=O)O. The van der Waals surface area contributed by atoms with Crippen molar-refractivity contribution in [3.63, 3.8) is 0 Å². The number of benzene rings is 1. The van der Waals surface area contributed by atoms with E-state index in [9.17, 15) is 19.1 Å². The minimum atomic E-state index is -1.15. The lowest BCUT2D eigenvalue weighted by molar-refractivity contribution is -0.152. The smallest absolute Gasteiger partial charge is 0.311 e. The molecule has 0 radical (unpaired) electrons. The van der Waals surface area contributed by atoms with Crippen LogP contribution in [-0.4, -0.2) is 29.1 Å². The highest BCUT2D eigenvalue weighted by Gasteiger charge is 2.46. The molecular weight excluding hydrogens is 371 g/mol. The predicted molar refractivity (Wildman–Crippen MR) is 114 cm³/mol. The molecule has 0 aliphatic carbocycles. The summed E-state index contributed by atoms with van der Waals surface area (Å²) in [6.45, 7) is 4.90. The summed E-state index contributed by atoms with van der Waals surface area (Å²) >= 11 is 0. The zero-order valence-corrected chi connectivity index (χ0v) is 18.1. The van der Waals surface area contributed by atoms with Crippen LogP contribution in [0.3, 0.4) is 0 Å². The van der Waals surface area contributed by atoms with Gasteiger partial charge in [-0.05, 0) is 51.7 Å². The highest BCUT2D eigenvalue weighted by Crippen LogP contribution is 2.30. The number of aryl methyl sites for hydroxylation is 1. The molecule has 1 amide bonds. The molecule has 0 fully saturated rings. The van der Waals surface area contributed by atoms with E-state index in [1.165, 1.54) is 6.07 Å². The number of carboxylic acid groups (broad SMARTS) is 1. The maximum absolute atomic E-state index is 13.5. The van der Waals surface area contributed by atoms with Crippen LogP contribution in [0.2, 0.25) is 0 Å². The van der Waals surface area contributed by atoms with E-state index in [0.29, 0.717) is 6.42 Å². The number of nitrogens with two attached hydrogens (primary N) is 1. The van der Waals surface area contributed by atoms with Crippen LogP contribution in [0.15, 0.2) is 24.3 Å². The minimum Gasteiger partial charge on any atom is -0.481 e. The lowest BCUT2D eigenvalue weighted by Gasteiger charge is -2.41. The molecule has 0 saturated carbocycles. The van der Waals surface area contributed by atoms with Crippen LogP contribution in [0.1, 0.15) is 77.7 Å². The van der Waals surface area contributed by atoms with E-state index >= 15 is 0 Å². The first-order valence-corrected chi connectivity index (χ1v) is 10.6.